The molecule has 0 aromatic heterocycles. The third kappa shape index (κ3) is 0.910. The van der Waals surface area contributed by atoms with Gasteiger partial charge >= 0.3 is 23.9 Å². The van der Waals surface area contributed by atoms with Crippen LogP contribution in [0.5, 0.6) is 0 Å². The van der Waals surface area contributed by atoms with Gasteiger partial charge in [0.05, 0.1) is 23.7 Å². The van der Waals surface area contributed by atoms with Crippen molar-refractivity contribution in [3.63, 3.8) is 0 Å². The van der Waals surface area contributed by atoms with Crippen LogP contribution < -0.4 is 0 Å². The molecule has 0 unspecified atom stereocenters. The Morgan fingerprint density at radius 2 is 0.950 bits per heavy atom. The average molecular weight is 274 g/mol. The second-order valence-electron chi connectivity index (χ2n) is 6.28. The highest BCUT2D eigenvalue weighted by molar-refractivity contribution is 6.01. The van der Waals surface area contributed by atoms with Crippen molar-refractivity contribution in [3.05, 3.63) is 12.2 Å². The summed E-state index contributed by atoms with van der Waals surface area (Å²) in [6, 6.07) is 0. The standard InChI is InChI=1S/C14H10O6/c15-11-7-3-1-2-4(8(7)12(16)19-11)6-5(3)9-10(6)14(18)20-13(9)17/h1-10H/t3-,4-,5-,6+,7-,8-,9-,10-/m1/s1. The number of ether oxygens (including phenoxy) is 2. The Hall–Kier alpha value is -1.98. The Kier molecular flexibility index (Phi) is 1.63. The predicted molar refractivity (Wildman–Crippen MR) is 59.3 cm³/mol. The number of carbonyl (C=O) groups excluding carboxylic acids is 4. The van der Waals surface area contributed by atoms with Crippen molar-refractivity contribution in [3.8, 4) is 0 Å². The topological polar surface area (TPSA) is 86.7 Å². The fourth-order valence-corrected chi connectivity index (χ4v) is 5.20. The molecule has 4 fully saturated rings. The van der Waals surface area contributed by atoms with Crippen molar-refractivity contribution < 1.29 is 28.7 Å². The van der Waals surface area contributed by atoms with Crippen molar-refractivity contribution in [2.24, 2.45) is 47.3 Å². The van der Waals surface area contributed by atoms with Gasteiger partial charge in [-0.1, -0.05) is 12.2 Å². The van der Waals surface area contributed by atoms with Crippen LogP contribution in [0.15, 0.2) is 12.2 Å². The van der Waals surface area contributed by atoms with Gasteiger partial charge in [-0.05, 0) is 23.7 Å². The highest BCUT2D eigenvalue weighted by atomic mass is 16.6. The average Bonchev–Trinajstić information content (AvgIpc) is 2.78. The Morgan fingerprint density at radius 1 is 0.600 bits per heavy atom. The maximum Gasteiger partial charge on any atom is 0.318 e. The monoisotopic (exact) mass is 274 g/mol. The molecular weight excluding hydrogens is 264 g/mol. The number of allylic oxidation sites excluding steroid dienone is 2. The molecule has 8 atom stereocenters. The number of carbonyl (C=O) groups is 4. The van der Waals surface area contributed by atoms with Crippen molar-refractivity contribution in [2.75, 3.05) is 0 Å². The van der Waals surface area contributed by atoms with Crippen LogP contribution in [-0.2, 0) is 28.7 Å². The van der Waals surface area contributed by atoms with Crippen molar-refractivity contribution in [2.45, 2.75) is 0 Å². The van der Waals surface area contributed by atoms with Gasteiger partial charge < -0.3 is 9.47 Å². The van der Waals surface area contributed by atoms with Gasteiger partial charge in [-0.2, -0.15) is 0 Å². The summed E-state index contributed by atoms with van der Waals surface area (Å²) in [6.45, 7) is 0. The van der Waals surface area contributed by atoms with E-state index in [1.54, 1.807) is 0 Å². The first-order valence-corrected chi connectivity index (χ1v) is 6.79. The van der Waals surface area contributed by atoms with E-state index in [-0.39, 0.29) is 23.7 Å². The molecule has 0 N–H and O–H groups in total. The molecule has 6 nitrogen and oxygen atoms in total. The number of cyclic esters (lactones) is 4. The first-order valence-electron chi connectivity index (χ1n) is 6.79. The lowest BCUT2D eigenvalue weighted by atomic mass is 9.40. The number of hydrogen-bond donors (Lipinski definition) is 0. The molecule has 0 aromatic rings. The van der Waals surface area contributed by atoms with Gasteiger partial charge in [0.15, 0.2) is 0 Å². The summed E-state index contributed by atoms with van der Waals surface area (Å²) in [5.41, 5.74) is 0. The van der Waals surface area contributed by atoms with Crippen LogP contribution in [0, 0.1) is 47.3 Å². The Morgan fingerprint density at radius 3 is 1.35 bits per heavy atom. The van der Waals surface area contributed by atoms with Gasteiger partial charge in [-0.3, -0.25) is 19.2 Å². The van der Waals surface area contributed by atoms with Crippen LogP contribution in [0.4, 0.5) is 0 Å². The molecule has 2 saturated heterocycles. The molecule has 20 heavy (non-hydrogen) atoms. The fourth-order valence-electron chi connectivity index (χ4n) is 5.20. The summed E-state index contributed by atoms with van der Waals surface area (Å²) in [7, 11) is 0. The zero-order valence-electron chi connectivity index (χ0n) is 10.2. The molecule has 0 spiro atoms. The highest BCUT2D eigenvalue weighted by Crippen LogP contribution is 2.67. The summed E-state index contributed by atoms with van der Waals surface area (Å²) in [5, 5.41) is 0. The number of fused-ring (bicyclic) bond motifs is 1. The largest absolute Gasteiger partial charge is 0.393 e. The summed E-state index contributed by atoms with van der Waals surface area (Å²) in [5.74, 6) is -4.26. The fraction of sp³-hybridized carbons (Fsp3) is 0.571. The van der Waals surface area contributed by atoms with Crippen LogP contribution in [0.3, 0.4) is 0 Å². The third-order valence-electron chi connectivity index (χ3n) is 5.81. The quantitative estimate of drug-likeness (QED) is 0.342. The number of rotatable bonds is 0. The Bertz CT molecular complexity index is 582. The van der Waals surface area contributed by atoms with Gasteiger partial charge in [0.1, 0.15) is 0 Å². The van der Waals surface area contributed by atoms with Crippen LogP contribution in [0.25, 0.3) is 0 Å². The third-order valence-corrected chi connectivity index (χ3v) is 5.81. The summed E-state index contributed by atoms with van der Waals surface area (Å²) >= 11 is 0. The molecular formula is C14H10O6. The second-order valence-corrected chi connectivity index (χ2v) is 6.28. The van der Waals surface area contributed by atoms with E-state index in [4.69, 9.17) is 9.47 Å². The van der Waals surface area contributed by atoms with Crippen molar-refractivity contribution in [1.29, 1.82) is 0 Å². The van der Waals surface area contributed by atoms with E-state index in [0.29, 0.717) is 0 Å². The van der Waals surface area contributed by atoms with Crippen molar-refractivity contribution in [1.82, 2.24) is 0 Å². The number of esters is 4. The molecule has 6 aliphatic rings. The normalized spacial score (nSPS) is 54.0. The summed E-state index contributed by atoms with van der Waals surface area (Å²) in [6.07, 6.45) is 3.83. The first kappa shape index (κ1) is 10.8. The van der Waals surface area contributed by atoms with Crippen LogP contribution in [0.1, 0.15) is 0 Å². The van der Waals surface area contributed by atoms with Crippen LogP contribution in [-0.4, -0.2) is 23.9 Å². The van der Waals surface area contributed by atoms with Crippen LogP contribution in [0.2, 0.25) is 0 Å². The molecule has 102 valence electrons. The van der Waals surface area contributed by atoms with Crippen LogP contribution >= 0.6 is 0 Å². The lowest BCUT2D eigenvalue weighted by Gasteiger charge is -2.59. The predicted octanol–water partition coefficient (Wildman–Crippen LogP) is -0.320. The lowest BCUT2D eigenvalue weighted by molar-refractivity contribution is -0.166. The van der Waals surface area contributed by atoms with E-state index in [9.17, 15) is 19.2 Å². The van der Waals surface area contributed by atoms with E-state index >= 15 is 0 Å². The molecule has 6 rings (SSSR count). The van der Waals surface area contributed by atoms with Crippen molar-refractivity contribution >= 4 is 23.9 Å². The maximum atomic E-state index is 11.9. The van der Waals surface area contributed by atoms with E-state index < -0.39 is 47.5 Å². The zero-order valence-corrected chi connectivity index (χ0v) is 10.2. The molecule has 2 saturated carbocycles. The molecule has 6 heteroatoms. The Labute approximate surface area is 113 Å². The molecule has 0 radical (unpaired) electrons. The summed E-state index contributed by atoms with van der Waals surface area (Å²) in [4.78, 5) is 47.3. The van der Waals surface area contributed by atoms with E-state index in [1.807, 2.05) is 12.2 Å². The minimum atomic E-state index is -0.487. The molecule has 2 aliphatic heterocycles. The van der Waals surface area contributed by atoms with Gasteiger partial charge in [-0.15, -0.1) is 0 Å². The van der Waals surface area contributed by atoms with E-state index in [1.165, 1.54) is 0 Å². The first-order chi connectivity index (χ1) is 9.59. The van der Waals surface area contributed by atoms with E-state index in [2.05, 4.69) is 0 Å². The maximum absolute atomic E-state index is 11.9. The molecule has 2 heterocycles. The van der Waals surface area contributed by atoms with Gasteiger partial charge in [0.25, 0.3) is 0 Å². The highest BCUT2D eigenvalue weighted by Gasteiger charge is 2.74. The van der Waals surface area contributed by atoms with Gasteiger partial charge in [-0.25, -0.2) is 0 Å². The SMILES string of the molecule is O=C1OC(=O)[C@@H]2[C@@H]3C=C[C@@H]([C@@H]12)[C@@H]1[C@H]2C(=O)OC(=O)[C@@H]2[C@H]31. The minimum absolute atomic E-state index is 0.0614. The Balaban J connectivity index is 1.63. The minimum Gasteiger partial charge on any atom is -0.393 e. The lowest BCUT2D eigenvalue weighted by Crippen LogP contribution is -2.63. The van der Waals surface area contributed by atoms with Gasteiger partial charge in [0.2, 0.25) is 0 Å². The second kappa shape index (κ2) is 3.02. The zero-order chi connectivity index (χ0) is 13.8. The van der Waals surface area contributed by atoms with E-state index in [0.717, 1.165) is 0 Å². The summed E-state index contributed by atoms with van der Waals surface area (Å²) < 4.78 is 9.50. The van der Waals surface area contributed by atoms with Gasteiger partial charge in [0, 0.05) is 0 Å². The smallest absolute Gasteiger partial charge is 0.318 e. The molecule has 4 aliphatic carbocycles. The molecule has 0 aromatic carbocycles. The molecule has 2 bridgehead atoms. The molecule has 0 amide bonds. The number of hydrogen-bond acceptors (Lipinski definition) is 6.